The largest absolute Gasteiger partial charge is 0.368 e. The minimum absolute atomic E-state index is 0.0655. The van der Waals surface area contributed by atoms with Crippen molar-refractivity contribution in [2.24, 2.45) is 0 Å². The molecule has 0 aliphatic carbocycles. The lowest BCUT2D eigenvalue weighted by atomic mass is 10.4. The number of hydrogen-bond acceptors (Lipinski definition) is 3. The van der Waals surface area contributed by atoms with Crippen molar-refractivity contribution in [3.05, 3.63) is 30.1 Å². The van der Waals surface area contributed by atoms with E-state index in [9.17, 15) is 12.8 Å². The Bertz CT molecular complexity index is 369. The van der Waals surface area contributed by atoms with Gasteiger partial charge in [0, 0.05) is 7.11 Å². The van der Waals surface area contributed by atoms with Crippen molar-refractivity contribution in [1.29, 1.82) is 0 Å². The fraction of sp³-hybridized carbons (Fsp3) is 0.250. The zero-order valence-electron chi connectivity index (χ0n) is 7.03. The van der Waals surface area contributed by atoms with E-state index in [0.29, 0.717) is 0 Å². The zero-order valence-corrected chi connectivity index (χ0v) is 7.84. The fourth-order valence-electron chi connectivity index (χ4n) is 0.865. The summed E-state index contributed by atoms with van der Waals surface area (Å²) in [5.74, 6) is -0.852. The molecule has 0 aliphatic rings. The average molecular weight is 204 g/mol. The Balaban J connectivity index is 3.02. The van der Waals surface area contributed by atoms with Crippen LogP contribution in [0.25, 0.3) is 0 Å². The van der Waals surface area contributed by atoms with E-state index in [2.05, 4.69) is 4.74 Å². The molecule has 0 amide bonds. The Hall–Kier alpha value is -0.940. The van der Waals surface area contributed by atoms with Gasteiger partial charge in [-0.2, -0.15) is 0 Å². The SMILES string of the molecule is COCS(=O)(=O)c1ccc(F)cc1. The van der Waals surface area contributed by atoms with Crippen LogP contribution in [-0.2, 0) is 14.6 Å². The summed E-state index contributed by atoms with van der Waals surface area (Å²) in [5, 5.41) is 0. The van der Waals surface area contributed by atoms with E-state index < -0.39 is 21.6 Å². The molecule has 0 saturated heterocycles. The molecule has 0 heterocycles. The van der Waals surface area contributed by atoms with Gasteiger partial charge in [-0.05, 0) is 24.3 Å². The van der Waals surface area contributed by atoms with Crippen LogP contribution in [0.4, 0.5) is 4.39 Å². The summed E-state index contributed by atoms with van der Waals surface area (Å²) < 4.78 is 39.5. The molecule has 1 aromatic rings. The maximum atomic E-state index is 12.4. The third-order valence-electron chi connectivity index (χ3n) is 1.45. The highest BCUT2D eigenvalue weighted by Crippen LogP contribution is 2.11. The van der Waals surface area contributed by atoms with E-state index in [0.717, 1.165) is 12.1 Å². The lowest BCUT2D eigenvalue weighted by Gasteiger charge is -2.01. The van der Waals surface area contributed by atoms with Crippen LogP contribution in [0.2, 0.25) is 0 Å². The minimum atomic E-state index is -3.42. The first kappa shape index (κ1) is 10.1. The molecule has 0 saturated carbocycles. The summed E-state index contributed by atoms with van der Waals surface area (Å²) in [5.41, 5.74) is 0. The molecular formula is C8H9FO3S. The van der Waals surface area contributed by atoms with Crippen molar-refractivity contribution in [3.63, 3.8) is 0 Å². The summed E-state index contributed by atoms with van der Waals surface area (Å²) in [6, 6.07) is 4.62. The fourth-order valence-corrected chi connectivity index (χ4v) is 1.86. The molecule has 0 N–H and O–H groups in total. The van der Waals surface area contributed by atoms with Gasteiger partial charge in [0.2, 0.25) is 9.84 Å². The monoisotopic (exact) mass is 204 g/mol. The molecule has 1 rings (SSSR count). The number of benzene rings is 1. The van der Waals surface area contributed by atoms with E-state index in [1.165, 1.54) is 19.2 Å². The molecule has 0 radical (unpaired) electrons. The van der Waals surface area contributed by atoms with Crippen molar-refractivity contribution in [1.82, 2.24) is 0 Å². The Kier molecular flexibility index (Phi) is 3.00. The number of hydrogen-bond donors (Lipinski definition) is 0. The van der Waals surface area contributed by atoms with Gasteiger partial charge in [0.25, 0.3) is 0 Å². The van der Waals surface area contributed by atoms with Crippen molar-refractivity contribution >= 4 is 9.84 Å². The van der Waals surface area contributed by atoms with Gasteiger partial charge in [0.15, 0.2) is 5.94 Å². The van der Waals surface area contributed by atoms with Gasteiger partial charge >= 0.3 is 0 Å². The van der Waals surface area contributed by atoms with E-state index in [4.69, 9.17) is 0 Å². The molecule has 0 unspecified atom stereocenters. The third-order valence-corrected chi connectivity index (χ3v) is 2.98. The third kappa shape index (κ3) is 2.50. The molecule has 5 heteroatoms. The molecule has 0 aliphatic heterocycles. The van der Waals surface area contributed by atoms with Crippen molar-refractivity contribution < 1.29 is 17.5 Å². The molecule has 3 nitrogen and oxygen atoms in total. The number of sulfone groups is 1. The minimum Gasteiger partial charge on any atom is -0.368 e. The first-order chi connectivity index (χ1) is 6.06. The highest BCUT2D eigenvalue weighted by Gasteiger charge is 2.12. The summed E-state index contributed by atoms with van der Waals surface area (Å²) in [6.07, 6.45) is 0. The van der Waals surface area contributed by atoms with Crippen molar-refractivity contribution in [2.75, 3.05) is 13.0 Å². The Labute approximate surface area is 76.1 Å². The lowest BCUT2D eigenvalue weighted by molar-refractivity contribution is 0.250. The van der Waals surface area contributed by atoms with Crippen LogP contribution in [0.15, 0.2) is 29.2 Å². The molecule has 0 bridgehead atoms. The van der Waals surface area contributed by atoms with Gasteiger partial charge in [0.1, 0.15) is 5.82 Å². The summed E-state index contributed by atoms with van der Waals surface area (Å²) in [6.45, 7) is 0. The molecule has 0 aromatic heterocycles. The average Bonchev–Trinajstić information content (AvgIpc) is 2.05. The van der Waals surface area contributed by atoms with Crippen LogP contribution in [0.5, 0.6) is 0 Å². The van der Waals surface area contributed by atoms with Crippen LogP contribution >= 0.6 is 0 Å². The number of ether oxygens (including phenoxy) is 1. The van der Waals surface area contributed by atoms with Crippen molar-refractivity contribution in [3.8, 4) is 0 Å². The van der Waals surface area contributed by atoms with Crippen LogP contribution in [0.3, 0.4) is 0 Å². The number of methoxy groups -OCH3 is 1. The quantitative estimate of drug-likeness (QED) is 0.695. The highest BCUT2D eigenvalue weighted by atomic mass is 32.2. The molecule has 0 fully saturated rings. The van der Waals surface area contributed by atoms with Crippen LogP contribution < -0.4 is 0 Å². The lowest BCUT2D eigenvalue weighted by Crippen LogP contribution is -2.07. The topological polar surface area (TPSA) is 43.4 Å². The molecule has 72 valence electrons. The molecule has 0 spiro atoms. The Morgan fingerprint density at radius 1 is 1.31 bits per heavy atom. The van der Waals surface area contributed by atoms with E-state index in [-0.39, 0.29) is 4.90 Å². The number of halogens is 1. The second-order valence-corrected chi connectivity index (χ2v) is 4.41. The van der Waals surface area contributed by atoms with Gasteiger partial charge in [-0.25, -0.2) is 12.8 Å². The normalized spacial score (nSPS) is 11.5. The van der Waals surface area contributed by atoms with Gasteiger partial charge in [0.05, 0.1) is 4.90 Å². The van der Waals surface area contributed by atoms with Crippen LogP contribution in [0, 0.1) is 5.82 Å². The second kappa shape index (κ2) is 3.85. The maximum absolute atomic E-state index is 12.4. The summed E-state index contributed by atoms with van der Waals surface area (Å²) in [4.78, 5) is 0.0655. The van der Waals surface area contributed by atoms with Gasteiger partial charge < -0.3 is 4.74 Å². The highest BCUT2D eigenvalue weighted by molar-refractivity contribution is 7.91. The molecule has 13 heavy (non-hydrogen) atoms. The van der Waals surface area contributed by atoms with Gasteiger partial charge in [-0.1, -0.05) is 0 Å². The maximum Gasteiger partial charge on any atom is 0.202 e. The summed E-state index contributed by atoms with van der Waals surface area (Å²) >= 11 is 0. The van der Waals surface area contributed by atoms with Gasteiger partial charge in [-0.3, -0.25) is 0 Å². The Morgan fingerprint density at radius 3 is 2.31 bits per heavy atom. The molecular weight excluding hydrogens is 195 g/mol. The zero-order chi connectivity index (χ0) is 9.90. The van der Waals surface area contributed by atoms with Gasteiger partial charge in [-0.15, -0.1) is 0 Å². The number of rotatable bonds is 3. The first-order valence-electron chi connectivity index (χ1n) is 3.53. The Morgan fingerprint density at radius 2 is 1.85 bits per heavy atom. The summed E-state index contributed by atoms with van der Waals surface area (Å²) in [7, 11) is -2.12. The predicted octanol–water partition coefficient (Wildman–Crippen LogP) is 1.20. The second-order valence-electron chi connectivity index (χ2n) is 2.48. The van der Waals surface area contributed by atoms with Crippen molar-refractivity contribution in [2.45, 2.75) is 4.90 Å². The van der Waals surface area contributed by atoms with Crippen LogP contribution in [-0.4, -0.2) is 21.5 Å². The van der Waals surface area contributed by atoms with Crippen LogP contribution in [0.1, 0.15) is 0 Å². The molecule has 0 atom stereocenters. The first-order valence-corrected chi connectivity index (χ1v) is 5.19. The molecule has 1 aromatic carbocycles. The smallest absolute Gasteiger partial charge is 0.202 e. The standard InChI is InChI=1S/C8H9FO3S/c1-12-6-13(10,11)8-4-2-7(9)3-5-8/h2-5H,6H2,1H3. The van der Waals surface area contributed by atoms with E-state index in [1.807, 2.05) is 0 Å². The van der Waals surface area contributed by atoms with E-state index >= 15 is 0 Å². The predicted molar refractivity (Wildman–Crippen MR) is 45.5 cm³/mol. The van der Waals surface area contributed by atoms with E-state index in [1.54, 1.807) is 0 Å².